The fourth-order valence-corrected chi connectivity index (χ4v) is 2.48. The van der Waals surface area contributed by atoms with Gasteiger partial charge in [0.25, 0.3) is 0 Å². The molecule has 1 aromatic carbocycles. The molecule has 0 aliphatic heterocycles. The van der Waals surface area contributed by atoms with Gasteiger partial charge in [-0.05, 0) is 31.5 Å². The molecule has 0 bridgehead atoms. The molecule has 0 fully saturated rings. The van der Waals surface area contributed by atoms with Crippen molar-refractivity contribution < 1.29 is 4.52 Å². The smallest absolute Gasteiger partial charge is 0.228 e. The number of aromatic nitrogens is 2. The minimum atomic E-state index is -0.0841. The molecule has 1 aromatic heterocycles. The highest BCUT2D eigenvalue weighted by atomic mass is 35.5. The summed E-state index contributed by atoms with van der Waals surface area (Å²) in [5, 5.41) is 7.97. The summed E-state index contributed by atoms with van der Waals surface area (Å²) in [5.41, 5.74) is 6.76. The second-order valence-electron chi connectivity index (χ2n) is 4.78. The average molecular weight is 342 g/mol. The van der Waals surface area contributed by atoms with Crippen molar-refractivity contribution in [1.82, 2.24) is 15.5 Å². The van der Waals surface area contributed by atoms with Crippen molar-refractivity contribution >= 4 is 29.2 Å². The van der Waals surface area contributed by atoms with Crippen molar-refractivity contribution in [2.24, 2.45) is 10.7 Å². The monoisotopic (exact) mass is 341 g/mol. The fourth-order valence-electron chi connectivity index (χ4n) is 1.91. The van der Waals surface area contributed by atoms with E-state index in [1.807, 2.05) is 13.0 Å². The maximum absolute atomic E-state index is 6.16. The van der Waals surface area contributed by atoms with Crippen molar-refractivity contribution in [3.63, 3.8) is 0 Å². The van der Waals surface area contributed by atoms with Crippen LogP contribution in [0.5, 0.6) is 0 Å². The van der Waals surface area contributed by atoms with E-state index in [4.69, 9.17) is 33.5 Å². The van der Waals surface area contributed by atoms with E-state index in [9.17, 15) is 0 Å². The summed E-state index contributed by atoms with van der Waals surface area (Å²) in [6, 6.07) is 5.25. The highest BCUT2D eigenvalue weighted by molar-refractivity contribution is 6.35. The Hall–Kier alpha value is -1.79. The molecule has 22 heavy (non-hydrogen) atoms. The number of aliphatic imine (C=N–C) groups is 1. The molecule has 0 spiro atoms. The van der Waals surface area contributed by atoms with Gasteiger partial charge in [-0.3, -0.25) is 4.99 Å². The van der Waals surface area contributed by atoms with Gasteiger partial charge in [0.1, 0.15) is 0 Å². The van der Waals surface area contributed by atoms with E-state index in [1.165, 1.54) is 0 Å². The lowest BCUT2D eigenvalue weighted by Gasteiger charge is -2.16. The van der Waals surface area contributed by atoms with Crippen LogP contribution in [-0.2, 0) is 6.42 Å². The van der Waals surface area contributed by atoms with Crippen LogP contribution in [0.25, 0.3) is 0 Å². The van der Waals surface area contributed by atoms with E-state index < -0.39 is 0 Å². The molecule has 118 valence electrons. The van der Waals surface area contributed by atoms with Gasteiger partial charge in [0.2, 0.25) is 5.89 Å². The molecule has 0 aliphatic carbocycles. The van der Waals surface area contributed by atoms with Gasteiger partial charge in [-0.15, -0.1) is 0 Å². The maximum atomic E-state index is 6.16. The third-order valence-electron chi connectivity index (χ3n) is 2.97. The second kappa shape index (κ2) is 7.47. The predicted molar refractivity (Wildman–Crippen MR) is 87.2 cm³/mol. The molecule has 1 unspecified atom stereocenters. The van der Waals surface area contributed by atoms with Crippen LogP contribution in [0.2, 0.25) is 10.0 Å². The Balaban J connectivity index is 1.89. The zero-order chi connectivity index (χ0) is 16.1. The molecule has 0 radical (unpaired) electrons. The third kappa shape index (κ3) is 4.61. The molecule has 2 rings (SSSR count). The van der Waals surface area contributed by atoms with E-state index in [0.29, 0.717) is 40.7 Å². The Kier molecular flexibility index (Phi) is 5.63. The summed E-state index contributed by atoms with van der Waals surface area (Å²) in [6.07, 6.45) is 0.541. The number of aryl methyl sites for hydroxylation is 1. The van der Waals surface area contributed by atoms with Gasteiger partial charge in [-0.25, -0.2) is 0 Å². The van der Waals surface area contributed by atoms with Crippen LogP contribution in [0.1, 0.15) is 30.2 Å². The molecule has 6 nitrogen and oxygen atoms in total. The molecule has 8 heteroatoms. The Labute approximate surface area is 138 Å². The van der Waals surface area contributed by atoms with Crippen LogP contribution < -0.4 is 11.1 Å². The first-order valence-corrected chi connectivity index (χ1v) is 7.52. The van der Waals surface area contributed by atoms with E-state index >= 15 is 0 Å². The largest absolute Gasteiger partial charge is 0.370 e. The zero-order valence-corrected chi connectivity index (χ0v) is 13.8. The van der Waals surface area contributed by atoms with Crippen LogP contribution in [-0.4, -0.2) is 22.6 Å². The fraction of sp³-hybridized carbons (Fsp3) is 0.357. The third-order valence-corrected chi connectivity index (χ3v) is 3.53. The highest BCUT2D eigenvalue weighted by Crippen LogP contribution is 2.25. The molecule has 3 N–H and O–H groups in total. The molecule has 0 aliphatic rings. The number of hydrogen-bond donors (Lipinski definition) is 2. The van der Waals surface area contributed by atoms with Gasteiger partial charge in [0.15, 0.2) is 11.8 Å². The number of rotatable bonds is 5. The highest BCUT2D eigenvalue weighted by Gasteiger charge is 2.10. The number of guanidine groups is 1. The molecule has 0 saturated carbocycles. The summed E-state index contributed by atoms with van der Waals surface area (Å²) in [7, 11) is 0. The number of nitrogens with two attached hydrogens (primary N) is 1. The van der Waals surface area contributed by atoms with Crippen molar-refractivity contribution in [2.45, 2.75) is 26.3 Å². The molecule has 0 amide bonds. The summed E-state index contributed by atoms with van der Waals surface area (Å²) in [4.78, 5) is 8.33. The van der Waals surface area contributed by atoms with Crippen molar-refractivity contribution in [1.29, 1.82) is 0 Å². The predicted octanol–water partition coefficient (Wildman–Crippen LogP) is 2.89. The van der Waals surface area contributed by atoms with Gasteiger partial charge < -0.3 is 15.6 Å². The van der Waals surface area contributed by atoms with Gasteiger partial charge in [0, 0.05) is 16.5 Å². The first-order valence-electron chi connectivity index (χ1n) is 6.76. The number of nitrogens with zero attached hydrogens (tertiary/aromatic N) is 3. The van der Waals surface area contributed by atoms with E-state index in [2.05, 4.69) is 20.4 Å². The van der Waals surface area contributed by atoms with Gasteiger partial charge in [-0.2, -0.15) is 4.98 Å². The quantitative estimate of drug-likeness (QED) is 0.644. The van der Waals surface area contributed by atoms with Gasteiger partial charge in [0.05, 0.1) is 12.6 Å². The van der Waals surface area contributed by atoms with Crippen LogP contribution in [0.3, 0.4) is 0 Å². The summed E-state index contributed by atoms with van der Waals surface area (Å²) < 4.78 is 5.00. The molecule has 0 saturated heterocycles. The van der Waals surface area contributed by atoms with E-state index in [0.717, 1.165) is 5.56 Å². The zero-order valence-electron chi connectivity index (χ0n) is 12.3. The first kappa shape index (κ1) is 16.6. The lowest BCUT2D eigenvalue weighted by Crippen LogP contribution is -2.34. The van der Waals surface area contributed by atoms with Crippen LogP contribution in [0, 0.1) is 6.92 Å². The van der Waals surface area contributed by atoms with Crippen LogP contribution in [0.15, 0.2) is 27.7 Å². The first-order chi connectivity index (χ1) is 10.5. The second-order valence-corrected chi connectivity index (χ2v) is 5.63. The standard InChI is InChI=1S/C14H17Cl2N5O/c1-8(11-4-3-10(15)7-12(11)16)19-14(17)18-6-5-13-20-9(2)21-22-13/h3-4,7-8H,5-6H2,1-2H3,(H3,17,18,19). The van der Waals surface area contributed by atoms with Crippen LogP contribution in [0.4, 0.5) is 0 Å². The topological polar surface area (TPSA) is 89.3 Å². The summed E-state index contributed by atoms with van der Waals surface area (Å²) >= 11 is 12.0. The van der Waals surface area contributed by atoms with Crippen LogP contribution >= 0.6 is 23.2 Å². The molecule has 1 atom stereocenters. The molecule has 1 heterocycles. The Morgan fingerprint density at radius 1 is 1.45 bits per heavy atom. The molecular weight excluding hydrogens is 325 g/mol. The normalized spacial score (nSPS) is 13.2. The lowest BCUT2D eigenvalue weighted by atomic mass is 10.1. The number of halogens is 2. The van der Waals surface area contributed by atoms with Crippen molar-refractivity contribution in [3.8, 4) is 0 Å². The number of benzene rings is 1. The van der Waals surface area contributed by atoms with E-state index in [-0.39, 0.29) is 6.04 Å². The summed E-state index contributed by atoms with van der Waals surface area (Å²) in [5.74, 6) is 1.48. The van der Waals surface area contributed by atoms with Crippen molar-refractivity contribution in [2.75, 3.05) is 6.54 Å². The Bertz CT molecular complexity index is 671. The average Bonchev–Trinajstić information content (AvgIpc) is 2.84. The minimum Gasteiger partial charge on any atom is -0.370 e. The number of hydrogen-bond acceptors (Lipinski definition) is 4. The SMILES string of the molecule is Cc1noc(CCN=C(N)NC(C)c2ccc(Cl)cc2Cl)n1. The van der Waals surface area contributed by atoms with Crippen molar-refractivity contribution in [3.05, 3.63) is 45.5 Å². The lowest BCUT2D eigenvalue weighted by molar-refractivity contribution is 0.376. The minimum absolute atomic E-state index is 0.0841. The summed E-state index contributed by atoms with van der Waals surface area (Å²) in [6.45, 7) is 4.17. The Morgan fingerprint density at radius 2 is 2.23 bits per heavy atom. The van der Waals surface area contributed by atoms with Gasteiger partial charge in [-0.1, -0.05) is 34.4 Å². The molecule has 2 aromatic rings. The number of nitrogens with one attached hydrogen (secondary N) is 1. The Morgan fingerprint density at radius 3 is 2.86 bits per heavy atom. The van der Waals surface area contributed by atoms with Gasteiger partial charge >= 0.3 is 0 Å². The maximum Gasteiger partial charge on any atom is 0.228 e. The molecular formula is C14H17Cl2N5O. The van der Waals surface area contributed by atoms with E-state index in [1.54, 1.807) is 19.1 Å².